The van der Waals surface area contributed by atoms with Gasteiger partial charge in [-0.3, -0.25) is 4.79 Å². The normalized spacial score (nSPS) is 17.9. The second-order valence-corrected chi connectivity index (χ2v) is 10.2. The van der Waals surface area contributed by atoms with Gasteiger partial charge in [0.2, 0.25) is 22.7 Å². The third-order valence-electron chi connectivity index (χ3n) is 5.34. The molecule has 0 fully saturated rings. The molecule has 8 nitrogen and oxygen atoms in total. The molecule has 0 saturated carbocycles. The quantitative estimate of drug-likeness (QED) is 0.647. The van der Waals surface area contributed by atoms with E-state index in [-0.39, 0.29) is 13.3 Å². The largest absolute Gasteiger partial charge is 0.454 e. The maximum Gasteiger partial charge on any atom is 0.244 e. The molecule has 10 heteroatoms. The lowest BCUT2D eigenvalue weighted by molar-refractivity contribution is -0.120. The van der Waals surface area contributed by atoms with Crippen molar-refractivity contribution in [2.45, 2.75) is 19.0 Å². The third-order valence-corrected chi connectivity index (χ3v) is 7.33. The van der Waals surface area contributed by atoms with Crippen molar-refractivity contribution in [1.29, 1.82) is 0 Å². The van der Waals surface area contributed by atoms with E-state index < -0.39 is 22.0 Å². The predicted molar refractivity (Wildman–Crippen MR) is 117 cm³/mol. The summed E-state index contributed by atoms with van der Waals surface area (Å²) in [5.74, 6) is 0.943. The minimum atomic E-state index is -3.57. The first-order chi connectivity index (χ1) is 14.9. The molecule has 1 atom stereocenters. The molecule has 0 bridgehead atoms. The van der Waals surface area contributed by atoms with Gasteiger partial charge in [0.25, 0.3) is 0 Å². The Labute approximate surface area is 183 Å². The van der Waals surface area contributed by atoms with Crippen molar-refractivity contribution in [1.82, 2.24) is 9.29 Å². The highest BCUT2D eigenvalue weighted by Crippen LogP contribution is 2.36. The van der Waals surface area contributed by atoms with Gasteiger partial charge in [0, 0.05) is 17.5 Å². The van der Waals surface area contributed by atoms with Crippen LogP contribution in [0.15, 0.2) is 47.8 Å². The summed E-state index contributed by atoms with van der Waals surface area (Å²) < 4.78 is 36.7. The number of hydrogen-bond donors (Lipinski definition) is 1. The first-order valence-corrected chi connectivity index (χ1v) is 12.3. The number of aromatic nitrogens is 1. The van der Waals surface area contributed by atoms with Crippen LogP contribution in [0.1, 0.15) is 11.1 Å². The zero-order valence-electron chi connectivity index (χ0n) is 16.6. The highest BCUT2D eigenvalue weighted by Gasteiger charge is 2.37. The topological polar surface area (TPSA) is 97.8 Å². The molecule has 0 aliphatic carbocycles. The average molecular weight is 458 g/mol. The molecule has 3 aromatic rings. The van der Waals surface area contributed by atoms with E-state index in [2.05, 4.69) is 10.3 Å². The van der Waals surface area contributed by atoms with Gasteiger partial charge in [-0.2, -0.15) is 4.31 Å². The Hall–Kier alpha value is -2.95. The highest BCUT2D eigenvalue weighted by molar-refractivity contribution is 7.88. The molecule has 2 aliphatic heterocycles. The average Bonchev–Trinajstić information content (AvgIpc) is 3.41. The van der Waals surface area contributed by atoms with Crippen LogP contribution in [-0.4, -0.2) is 42.7 Å². The van der Waals surface area contributed by atoms with E-state index in [0.717, 1.165) is 22.9 Å². The lowest BCUT2D eigenvalue weighted by atomic mass is 9.95. The summed E-state index contributed by atoms with van der Waals surface area (Å²) in [5, 5.41) is 5.03. The Kier molecular flexibility index (Phi) is 4.92. The van der Waals surface area contributed by atoms with Crippen LogP contribution in [0.5, 0.6) is 11.5 Å². The number of ether oxygens (including phenoxy) is 2. The van der Waals surface area contributed by atoms with Crippen LogP contribution in [0.25, 0.3) is 11.3 Å². The number of rotatable bonds is 4. The summed E-state index contributed by atoms with van der Waals surface area (Å²) in [5.41, 5.74) is 3.41. The van der Waals surface area contributed by atoms with Crippen LogP contribution in [0.3, 0.4) is 0 Å². The minimum absolute atomic E-state index is 0.174. The lowest BCUT2D eigenvalue weighted by Crippen LogP contribution is -2.50. The Morgan fingerprint density at radius 3 is 2.74 bits per heavy atom. The Morgan fingerprint density at radius 1 is 1.16 bits per heavy atom. The Morgan fingerprint density at radius 2 is 1.94 bits per heavy atom. The molecule has 1 amide bonds. The maximum atomic E-state index is 13.0. The number of nitrogens with zero attached hydrogens (tertiary/aromatic N) is 2. The lowest BCUT2D eigenvalue weighted by Gasteiger charge is -2.33. The number of carbonyl (C=O) groups excluding carboxylic acids is 1. The summed E-state index contributed by atoms with van der Waals surface area (Å²) >= 11 is 1.28. The van der Waals surface area contributed by atoms with Crippen LogP contribution >= 0.6 is 11.3 Å². The maximum absolute atomic E-state index is 13.0. The zero-order chi connectivity index (χ0) is 21.6. The van der Waals surface area contributed by atoms with E-state index in [1.54, 1.807) is 0 Å². The molecular weight excluding hydrogens is 438 g/mol. The summed E-state index contributed by atoms with van der Waals surface area (Å²) in [6.07, 6.45) is 1.44. The number of benzene rings is 2. The second-order valence-electron chi connectivity index (χ2n) is 7.39. The highest BCUT2D eigenvalue weighted by atomic mass is 32.2. The third kappa shape index (κ3) is 3.89. The SMILES string of the molecule is CS(=O)(=O)N1Cc2ccccc2CC1C(=O)Nc1nc(-c2ccc3c(c2)OCO3)cs1. The molecule has 1 N–H and O–H groups in total. The molecule has 3 heterocycles. The van der Waals surface area contributed by atoms with E-state index in [1.165, 1.54) is 15.6 Å². The number of thiazole rings is 1. The monoisotopic (exact) mass is 457 g/mol. The molecule has 1 unspecified atom stereocenters. The van der Waals surface area contributed by atoms with Gasteiger partial charge < -0.3 is 14.8 Å². The van der Waals surface area contributed by atoms with Crippen molar-refractivity contribution < 1.29 is 22.7 Å². The van der Waals surface area contributed by atoms with E-state index in [1.807, 2.05) is 47.8 Å². The van der Waals surface area contributed by atoms with Crippen LogP contribution in [0, 0.1) is 0 Å². The van der Waals surface area contributed by atoms with E-state index in [0.29, 0.717) is 28.7 Å². The van der Waals surface area contributed by atoms with Crippen LogP contribution < -0.4 is 14.8 Å². The van der Waals surface area contributed by atoms with Crippen molar-refractivity contribution in [2.75, 3.05) is 18.4 Å². The fourth-order valence-corrected chi connectivity index (χ4v) is 5.51. The molecule has 1 aromatic heterocycles. The minimum Gasteiger partial charge on any atom is -0.454 e. The van der Waals surface area contributed by atoms with Crippen molar-refractivity contribution in [3.05, 3.63) is 59.0 Å². The molecule has 31 heavy (non-hydrogen) atoms. The molecular formula is C21H19N3O5S2. The Balaban J connectivity index is 1.37. The predicted octanol–water partition coefficient (Wildman–Crippen LogP) is 2.86. The number of hydrogen-bond acceptors (Lipinski definition) is 7. The summed E-state index contributed by atoms with van der Waals surface area (Å²) in [4.78, 5) is 17.5. The van der Waals surface area contributed by atoms with Gasteiger partial charge in [-0.05, 0) is 35.7 Å². The number of sulfonamides is 1. The van der Waals surface area contributed by atoms with E-state index >= 15 is 0 Å². The molecule has 0 spiro atoms. The molecule has 5 rings (SSSR count). The standard InChI is InChI=1S/C21H19N3O5S2/c1-31(26,27)24-10-15-5-3-2-4-13(15)8-17(24)20(25)23-21-22-16(11-30-21)14-6-7-18-19(9-14)29-12-28-18/h2-7,9,11,17H,8,10,12H2,1H3,(H,22,23,25). The molecule has 160 valence electrons. The summed E-state index contributed by atoms with van der Waals surface area (Å²) in [6.45, 7) is 0.367. The number of anilines is 1. The molecule has 0 saturated heterocycles. The summed E-state index contributed by atoms with van der Waals surface area (Å²) in [7, 11) is -3.57. The smallest absolute Gasteiger partial charge is 0.244 e. The summed E-state index contributed by atoms with van der Waals surface area (Å²) in [6, 6.07) is 12.3. The first-order valence-electron chi connectivity index (χ1n) is 9.58. The van der Waals surface area contributed by atoms with Crippen molar-refractivity contribution in [3.63, 3.8) is 0 Å². The number of amides is 1. The second kappa shape index (κ2) is 7.63. The van der Waals surface area contributed by atoms with Gasteiger partial charge in [-0.15, -0.1) is 11.3 Å². The van der Waals surface area contributed by atoms with Gasteiger partial charge in [0.15, 0.2) is 16.6 Å². The fourth-order valence-electron chi connectivity index (χ4n) is 3.78. The van der Waals surface area contributed by atoms with E-state index in [9.17, 15) is 13.2 Å². The first kappa shape index (κ1) is 20.0. The number of nitrogens with one attached hydrogen (secondary N) is 1. The zero-order valence-corrected chi connectivity index (χ0v) is 18.2. The van der Waals surface area contributed by atoms with Gasteiger partial charge in [-0.25, -0.2) is 13.4 Å². The van der Waals surface area contributed by atoms with Crippen LogP contribution in [0.2, 0.25) is 0 Å². The number of fused-ring (bicyclic) bond motifs is 2. The van der Waals surface area contributed by atoms with E-state index in [4.69, 9.17) is 9.47 Å². The van der Waals surface area contributed by atoms with Crippen molar-refractivity contribution in [2.24, 2.45) is 0 Å². The number of carbonyl (C=O) groups is 1. The van der Waals surface area contributed by atoms with Gasteiger partial charge in [0.1, 0.15) is 6.04 Å². The van der Waals surface area contributed by atoms with Gasteiger partial charge in [0.05, 0.1) is 11.9 Å². The molecule has 2 aliphatic rings. The molecule has 2 aromatic carbocycles. The van der Waals surface area contributed by atoms with Gasteiger partial charge in [-0.1, -0.05) is 24.3 Å². The van der Waals surface area contributed by atoms with Crippen molar-refractivity contribution >= 4 is 32.4 Å². The van der Waals surface area contributed by atoms with Crippen LogP contribution in [-0.2, 0) is 27.8 Å². The van der Waals surface area contributed by atoms with Crippen LogP contribution in [0.4, 0.5) is 5.13 Å². The van der Waals surface area contributed by atoms with Gasteiger partial charge >= 0.3 is 0 Å². The molecule has 0 radical (unpaired) electrons. The Bertz CT molecular complexity index is 1270. The van der Waals surface area contributed by atoms with Crippen molar-refractivity contribution in [3.8, 4) is 22.8 Å². The fraction of sp³-hybridized carbons (Fsp3) is 0.238.